The molecule has 1 aliphatic heterocycles. The first-order chi connectivity index (χ1) is 6.54. The molecule has 1 rings (SSSR count). The van der Waals surface area contributed by atoms with E-state index in [1.807, 2.05) is 6.92 Å². The number of carbonyl (C=O) groups excluding carboxylic acids is 1. The van der Waals surface area contributed by atoms with Gasteiger partial charge in [0.25, 0.3) is 0 Å². The fourth-order valence-corrected chi connectivity index (χ4v) is 1.91. The topological polar surface area (TPSA) is 41.6 Å². The lowest BCUT2D eigenvalue weighted by Gasteiger charge is -2.17. The molecule has 0 amide bonds. The van der Waals surface area contributed by atoms with E-state index in [0.29, 0.717) is 12.1 Å². The van der Waals surface area contributed by atoms with Gasteiger partial charge in [0.05, 0.1) is 7.11 Å². The summed E-state index contributed by atoms with van der Waals surface area (Å²) in [5.74, 6) is -0.188. The summed E-state index contributed by atoms with van der Waals surface area (Å²) in [6.45, 7) is 5.04. The Bertz CT molecular complexity index is 198. The Balaban J connectivity index is 2.35. The summed E-state index contributed by atoms with van der Waals surface area (Å²) in [4.78, 5) is 13.5. The van der Waals surface area contributed by atoms with Crippen molar-refractivity contribution in [3.8, 4) is 0 Å². The molecule has 4 heteroatoms. The van der Waals surface area contributed by atoms with Crippen LogP contribution < -0.4 is 5.32 Å². The molecule has 0 aliphatic carbocycles. The molecule has 1 heterocycles. The van der Waals surface area contributed by atoms with Gasteiger partial charge in [-0.2, -0.15) is 0 Å². The van der Waals surface area contributed by atoms with Crippen LogP contribution in [-0.2, 0) is 9.53 Å². The van der Waals surface area contributed by atoms with Crippen LogP contribution >= 0.6 is 0 Å². The molecule has 0 bridgehead atoms. The number of rotatable bonds is 3. The highest BCUT2D eigenvalue weighted by Crippen LogP contribution is 2.15. The Morgan fingerprint density at radius 1 is 1.64 bits per heavy atom. The van der Waals surface area contributed by atoms with Crippen molar-refractivity contribution < 1.29 is 9.53 Å². The molecule has 14 heavy (non-hydrogen) atoms. The van der Waals surface area contributed by atoms with Gasteiger partial charge in [0.15, 0.2) is 0 Å². The van der Waals surface area contributed by atoms with E-state index >= 15 is 0 Å². The standard InChI is InChI=1S/C10H20N2O2/c1-7-5-9(6-12(7)3)11-8(2)10(13)14-4/h7-9,11H,5-6H2,1-4H3/t7?,8-,9?/m0/s1. The Labute approximate surface area is 85.6 Å². The zero-order valence-corrected chi connectivity index (χ0v) is 9.41. The number of likely N-dealkylation sites (tertiary alicyclic amines) is 1. The average molecular weight is 200 g/mol. The quantitative estimate of drug-likeness (QED) is 0.662. The molecule has 82 valence electrons. The number of hydrogen-bond acceptors (Lipinski definition) is 4. The number of carbonyl (C=O) groups is 1. The monoisotopic (exact) mass is 200 g/mol. The summed E-state index contributed by atoms with van der Waals surface area (Å²) in [6, 6.07) is 0.796. The largest absolute Gasteiger partial charge is 0.468 e. The number of ether oxygens (including phenoxy) is 1. The van der Waals surface area contributed by atoms with Gasteiger partial charge in [0.2, 0.25) is 0 Å². The lowest BCUT2D eigenvalue weighted by Crippen LogP contribution is -2.43. The van der Waals surface area contributed by atoms with Crippen molar-refractivity contribution in [3.05, 3.63) is 0 Å². The van der Waals surface area contributed by atoms with Gasteiger partial charge >= 0.3 is 5.97 Å². The summed E-state index contributed by atoms with van der Waals surface area (Å²) in [7, 11) is 3.53. The van der Waals surface area contributed by atoms with E-state index in [9.17, 15) is 4.79 Å². The molecular weight excluding hydrogens is 180 g/mol. The lowest BCUT2D eigenvalue weighted by molar-refractivity contribution is -0.142. The van der Waals surface area contributed by atoms with E-state index in [-0.39, 0.29) is 12.0 Å². The third kappa shape index (κ3) is 2.69. The molecule has 1 aliphatic rings. The van der Waals surface area contributed by atoms with E-state index in [2.05, 4.69) is 28.9 Å². The third-order valence-electron chi connectivity index (χ3n) is 2.93. The van der Waals surface area contributed by atoms with E-state index in [1.54, 1.807) is 0 Å². The van der Waals surface area contributed by atoms with Crippen LogP contribution in [0.2, 0.25) is 0 Å². The SMILES string of the molecule is COC(=O)[C@H](C)NC1CC(C)N(C)C1. The number of hydrogen-bond donors (Lipinski definition) is 1. The van der Waals surface area contributed by atoms with Gasteiger partial charge < -0.3 is 15.0 Å². The van der Waals surface area contributed by atoms with Crippen molar-refractivity contribution in [3.63, 3.8) is 0 Å². The number of likely N-dealkylation sites (N-methyl/N-ethyl adjacent to an activating group) is 1. The van der Waals surface area contributed by atoms with Crippen molar-refractivity contribution in [2.45, 2.75) is 38.4 Å². The molecule has 0 aromatic heterocycles. The van der Waals surface area contributed by atoms with Gasteiger partial charge in [-0.15, -0.1) is 0 Å². The van der Waals surface area contributed by atoms with Gasteiger partial charge in [0, 0.05) is 18.6 Å². The maximum atomic E-state index is 11.2. The molecule has 0 spiro atoms. The first kappa shape index (κ1) is 11.5. The summed E-state index contributed by atoms with van der Waals surface area (Å²) in [5, 5.41) is 3.27. The third-order valence-corrected chi connectivity index (χ3v) is 2.93. The summed E-state index contributed by atoms with van der Waals surface area (Å²) >= 11 is 0. The van der Waals surface area contributed by atoms with Crippen LogP contribution in [0.15, 0.2) is 0 Å². The van der Waals surface area contributed by atoms with Crippen molar-refractivity contribution in [2.75, 3.05) is 20.7 Å². The molecule has 2 unspecified atom stereocenters. The van der Waals surface area contributed by atoms with Crippen LogP contribution in [0.5, 0.6) is 0 Å². The minimum Gasteiger partial charge on any atom is -0.468 e. The Morgan fingerprint density at radius 3 is 2.71 bits per heavy atom. The molecule has 1 fully saturated rings. The Kier molecular flexibility index (Phi) is 3.89. The van der Waals surface area contributed by atoms with Crippen LogP contribution in [-0.4, -0.2) is 49.7 Å². The second-order valence-corrected chi connectivity index (χ2v) is 4.13. The zero-order valence-electron chi connectivity index (χ0n) is 9.41. The Morgan fingerprint density at radius 2 is 2.29 bits per heavy atom. The first-order valence-electron chi connectivity index (χ1n) is 5.08. The molecule has 3 atom stereocenters. The molecule has 4 nitrogen and oxygen atoms in total. The predicted octanol–water partition coefficient (Wildman–Crippen LogP) is 0.230. The van der Waals surface area contributed by atoms with Crippen LogP contribution in [0, 0.1) is 0 Å². The van der Waals surface area contributed by atoms with Crippen molar-refractivity contribution >= 4 is 5.97 Å². The highest BCUT2D eigenvalue weighted by atomic mass is 16.5. The number of nitrogens with zero attached hydrogens (tertiary/aromatic N) is 1. The van der Waals surface area contributed by atoms with E-state index in [4.69, 9.17) is 0 Å². The fraction of sp³-hybridized carbons (Fsp3) is 0.900. The lowest BCUT2D eigenvalue weighted by atomic mass is 10.1. The van der Waals surface area contributed by atoms with Gasteiger partial charge in [-0.3, -0.25) is 4.79 Å². The van der Waals surface area contributed by atoms with Crippen LogP contribution in [0.4, 0.5) is 0 Å². The predicted molar refractivity (Wildman–Crippen MR) is 55.1 cm³/mol. The Hall–Kier alpha value is -0.610. The molecule has 1 saturated heterocycles. The molecule has 0 aromatic carbocycles. The van der Waals surface area contributed by atoms with E-state index < -0.39 is 0 Å². The van der Waals surface area contributed by atoms with E-state index in [1.165, 1.54) is 7.11 Å². The van der Waals surface area contributed by atoms with Gasteiger partial charge in [-0.1, -0.05) is 0 Å². The maximum Gasteiger partial charge on any atom is 0.322 e. The number of nitrogens with one attached hydrogen (secondary N) is 1. The van der Waals surface area contributed by atoms with E-state index in [0.717, 1.165) is 13.0 Å². The van der Waals surface area contributed by atoms with Gasteiger partial charge in [-0.25, -0.2) is 0 Å². The minimum absolute atomic E-state index is 0.188. The van der Waals surface area contributed by atoms with Crippen molar-refractivity contribution in [1.82, 2.24) is 10.2 Å². The molecule has 1 N–H and O–H groups in total. The molecule has 0 radical (unpaired) electrons. The highest BCUT2D eigenvalue weighted by Gasteiger charge is 2.28. The minimum atomic E-state index is -0.205. The second kappa shape index (κ2) is 4.75. The number of methoxy groups -OCH3 is 1. The average Bonchev–Trinajstić information content (AvgIpc) is 2.44. The highest BCUT2D eigenvalue weighted by molar-refractivity contribution is 5.75. The van der Waals surface area contributed by atoms with Crippen LogP contribution in [0.25, 0.3) is 0 Å². The summed E-state index contributed by atoms with van der Waals surface area (Å²) < 4.78 is 4.66. The van der Waals surface area contributed by atoms with Crippen molar-refractivity contribution in [1.29, 1.82) is 0 Å². The van der Waals surface area contributed by atoms with Gasteiger partial charge in [0.1, 0.15) is 6.04 Å². The maximum absolute atomic E-state index is 11.2. The van der Waals surface area contributed by atoms with Crippen LogP contribution in [0.3, 0.4) is 0 Å². The molecular formula is C10H20N2O2. The summed E-state index contributed by atoms with van der Waals surface area (Å²) in [6.07, 6.45) is 1.10. The van der Waals surface area contributed by atoms with Crippen molar-refractivity contribution in [2.24, 2.45) is 0 Å². The second-order valence-electron chi connectivity index (χ2n) is 4.13. The van der Waals surface area contributed by atoms with Gasteiger partial charge in [-0.05, 0) is 27.3 Å². The van der Waals surface area contributed by atoms with Crippen LogP contribution in [0.1, 0.15) is 20.3 Å². The molecule has 0 aromatic rings. The zero-order chi connectivity index (χ0) is 10.7. The smallest absolute Gasteiger partial charge is 0.322 e. The molecule has 0 saturated carbocycles. The number of esters is 1. The fourth-order valence-electron chi connectivity index (χ4n) is 1.91. The summed E-state index contributed by atoms with van der Waals surface area (Å²) in [5.41, 5.74) is 0. The normalized spacial score (nSPS) is 30.3. The first-order valence-corrected chi connectivity index (χ1v) is 5.08.